The molecule has 1 saturated carbocycles. The lowest BCUT2D eigenvalue weighted by molar-refractivity contribution is -0.161. The first-order valence-electron chi connectivity index (χ1n) is 6.98. The predicted octanol–water partition coefficient (Wildman–Crippen LogP) is 2.20. The normalized spacial score (nSPS) is 28.8. The van der Waals surface area contributed by atoms with Crippen molar-refractivity contribution in [2.45, 2.75) is 44.4 Å². The maximum Gasteiger partial charge on any atom is 0.397 e. The minimum absolute atomic E-state index is 0.145. The third kappa shape index (κ3) is 2.96. The van der Waals surface area contributed by atoms with E-state index in [9.17, 15) is 9.59 Å². The van der Waals surface area contributed by atoms with Gasteiger partial charge in [0.1, 0.15) is 0 Å². The van der Waals surface area contributed by atoms with E-state index in [1.54, 1.807) is 11.8 Å². The lowest BCUT2D eigenvalue weighted by Gasteiger charge is -2.39. The molecule has 1 heterocycles. The second-order valence-electron chi connectivity index (χ2n) is 4.89. The predicted molar refractivity (Wildman–Crippen MR) is 75.7 cm³/mol. The van der Waals surface area contributed by atoms with Crippen molar-refractivity contribution in [3.05, 3.63) is 11.5 Å². The zero-order valence-electron chi connectivity index (χ0n) is 11.5. The first-order chi connectivity index (χ1) is 9.19. The van der Waals surface area contributed by atoms with Crippen molar-refractivity contribution in [3.8, 4) is 0 Å². The van der Waals surface area contributed by atoms with Gasteiger partial charge in [-0.3, -0.25) is 4.79 Å². The Bertz CT molecular complexity index is 383. The highest BCUT2D eigenvalue weighted by atomic mass is 32.2. The number of hydrogen-bond donors (Lipinski definition) is 0. The zero-order chi connectivity index (χ0) is 13.8. The summed E-state index contributed by atoms with van der Waals surface area (Å²) in [5.41, 5.74) is 0. The molecule has 0 saturated heterocycles. The Morgan fingerprint density at radius 1 is 1.37 bits per heavy atom. The summed E-state index contributed by atoms with van der Waals surface area (Å²) in [4.78, 5) is 25.5. The van der Waals surface area contributed by atoms with E-state index < -0.39 is 11.9 Å². The minimum Gasteiger partial charge on any atom is -0.459 e. The molecule has 2 aliphatic rings. The number of carbonyl (C=O) groups excluding carboxylic acids is 2. The molecule has 0 bridgehead atoms. The van der Waals surface area contributed by atoms with Gasteiger partial charge in [-0.15, -0.1) is 11.8 Å². The molecule has 0 radical (unpaired) electrons. The van der Waals surface area contributed by atoms with Crippen molar-refractivity contribution in [2.75, 3.05) is 13.2 Å². The maximum absolute atomic E-state index is 12.2. The van der Waals surface area contributed by atoms with Gasteiger partial charge in [-0.1, -0.05) is 12.5 Å². The SMILES string of the molecule is CCOC(=O)C(=O)N(CC)[C@H]1CCCC2SC=CC21. The first-order valence-corrected chi connectivity index (χ1v) is 7.93. The van der Waals surface area contributed by atoms with Gasteiger partial charge in [0.2, 0.25) is 0 Å². The second-order valence-corrected chi connectivity index (χ2v) is 6.04. The number of esters is 1. The molecule has 3 atom stereocenters. The molecule has 0 aromatic heterocycles. The van der Waals surface area contributed by atoms with E-state index in [1.807, 2.05) is 18.7 Å². The lowest BCUT2D eigenvalue weighted by Crippen LogP contribution is -2.50. The monoisotopic (exact) mass is 283 g/mol. The Kier molecular flexibility index (Phi) is 4.91. The molecule has 1 aliphatic heterocycles. The third-order valence-electron chi connectivity index (χ3n) is 3.87. The van der Waals surface area contributed by atoms with E-state index in [0.29, 0.717) is 17.7 Å². The van der Waals surface area contributed by atoms with Gasteiger partial charge in [-0.25, -0.2) is 4.79 Å². The number of carbonyl (C=O) groups is 2. The summed E-state index contributed by atoms with van der Waals surface area (Å²) in [6.07, 6.45) is 5.49. The fourth-order valence-electron chi connectivity index (χ4n) is 3.01. The number of amides is 1. The topological polar surface area (TPSA) is 46.6 Å². The van der Waals surface area contributed by atoms with Crippen LogP contribution >= 0.6 is 11.8 Å². The highest BCUT2D eigenvalue weighted by Crippen LogP contribution is 2.42. The molecule has 1 fully saturated rings. The summed E-state index contributed by atoms with van der Waals surface area (Å²) < 4.78 is 4.84. The van der Waals surface area contributed by atoms with Crippen molar-refractivity contribution >= 4 is 23.6 Å². The van der Waals surface area contributed by atoms with Crippen molar-refractivity contribution in [1.82, 2.24) is 4.90 Å². The largest absolute Gasteiger partial charge is 0.459 e. The highest BCUT2D eigenvalue weighted by molar-refractivity contribution is 8.03. The molecule has 2 unspecified atom stereocenters. The van der Waals surface area contributed by atoms with Crippen LogP contribution in [-0.4, -0.2) is 41.2 Å². The number of fused-ring (bicyclic) bond motifs is 1. The van der Waals surface area contributed by atoms with Gasteiger partial charge >= 0.3 is 11.9 Å². The lowest BCUT2D eigenvalue weighted by atomic mass is 9.83. The molecular weight excluding hydrogens is 262 g/mol. The van der Waals surface area contributed by atoms with Crippen LogP contribution in [0.3, 0.4) is 0 Å². The van der Waals surface area contributed by atoms with Crippen LogP contribution in [-0.2, 0) is 14.3 Å². The highest BCUT2D eigenvalue weighted by Gasteiger charge is 2.40. The molecule has 2 rings (SSSR count). The standard InChI is InChI=1S/C14H21NO3S/c1-3-15(13(16)14(17)18-4-2)11-6-5-7-12-10(11)8-9-19-12/h8-12H,3-7H2,1-2H3/t10?,11-,12?/m0/s1. The Morgan fingerprint density at radius 2 is 2.16 bits per heavy atom. The molecule has 5 heteroatoms. The number of hydrogen-bond acceptors (Lipinski definition) is 4. The van der Waals surface area contributed by atoms with Crippen molar-refractivity contribution in [2.24, 2.45) is 5.92 Å². The molecule has 19 heavy (non-hydrogen) atoms. The molecule has 1 aliphatic carbocycles. The Labute approximate surface area is 118 Å². The number of nitrogens with zero attached hydrogens (tertiary/aromatic N) is 1. The Hall–Kier alpha value is -0.970. The number of thioether (sulfide) groups is 1. The van der Waals surface area contributed by atoms with Crippen molar-refractivity contribution in [3.63, 3.8) is 0 Å². The van der Waals surface area contributed by atoms with Crippen LogP contribution < -0.4 is 0 Å². The van der Waals surface area contributed by atoms with Crippen LogP contribution in [0.5, 0.6) is 0 Å². The molecule has 4 nitrogen and oxygen atoms in total. The van der Waals surface area contributed by atoms with Gasteiger partial charge in [0, 0.05) is 23.8 Å². The van der Waals surface area contributed by atoms with Gasteiger partial charge in [0.15, 0.2) is 0 Å². The summed E-state index contributed by atoms with van der Waals surface area (Å²) in [5.74, 6) is -0.821. The molecule has 106 valence electrons. The summed E-state index contributed by atoms with van der Waals surface area (Å²) in [7, 11) is 0. The van der Waals surface area contributed by atoms with E-state index in [4.69, 9.17) is 4.74 Å². The third-order valence-corrected chi connectivity index (χ3v) is 5.08. The van der Waals surface area contributed by atoms with E-state index >= 15 is 0 Å². The molecule has 0 aromatic rings. The fourth-order valence-corrected chi connectivity index (χ4v) is 4.24. The van der Waals surface area contributed by atoms with Gasteiger partial charge < -0.3 is 9.64 Å². The average molecular weight is 283 g/mol. The first kappa shape index (κ1) is 14.4. The van der Waals surface area contributed by atoms with Crippen LogP contribution in [0.4, 0.5) is 0 Å². The van der Waals surface area contributed by atoms with Crippen LogP contribution in [0.25, 0.3) is 0 Å². The van der Waals surface area contributed by atoms with Crippen molar-refractivity contribution in [1.29, 1.82) is 0 Å². The zero-order valence-corrected chi connectivity index (χ0v) is 12.3. The van der Waals surface area contributed by atoms with Crippen LogP contribution in [0.2, 0.25) is 0 Å². The Balaban J connectivity index is 2.09. The van der Waals surface area contributed by atoms with Crippen LogP contribution in [0.15, 0.2) is 11.5 Å². The van der Waals surface area contributed by atoms with Gasteiger partial charge in [0.25, 0.3) is 0 Å². The van der Waals surface area contributed by atoms with E-state index in [0.717, 1.165) is 12.8 Å². The van der Waals surface area contributed by atoms with E-state index in [1.165, 1.54) is 6.42 Å². The summed E-state index contributed by atoms with van der Waals surface area (Å²) in [5, 5.41) is 2.71. The second kappa shape index (κ2) is 6.46. The summed E-state index contributed by atoms with van der Waals surface area (Å²) in [6, 6.07) is 0.145. The number of likely N-dealkylation sites (N-methyl/N-ethyl adjacent to an activating group) is 1. The molecular formula is C14H21NO3S. The van der Waals surface area contributed by atoms with Gasteiger partial charge in [-0.05, 0) is 32.1 Å². The number of ether oxygens (including phenoxy) is 1. The van der Waals surface area contributed by atoms with E-state index in [-0.39, 0.29) is 12.6 Å². The molecule has 0 aromatic carbocycles. The minimum atomic E-state index is -0.721. The van der Waals surface area contributed by atoms with Crippen LogP contribution in [0.1, 0.15) is 33.1 Å². The average Bonchev–Trinajstić information content (AvgIpc) is 2.88. The summed E-state index contributed by atoms with van der Waals surface area (Å²) in [6.45, 7) is 4.44. The molecule has 0 N–H and O–H groups in total. The quantitative estimate of drug-likeness (QED) is 0.588. The maximum atomic E-state index is 12.2. The summed E-state index contributed by atoms with van der Waals surface area (Å²) >= 11 is 1.85. The van der Waals surface area contributed by atoms with Gasteiger partial charge in [-0.2, -0.15) is 0 Å². The van der Waals surface area contributed by atoms with Gasteiger partial charge in [0.05, 0.1) is 6.61 Å². The van der Waals surface area contributed by atoms with E-state index in [2.05, 4.69) is 11.5 Å². The van der Waals surface area contributed by atoms with Crippen molar-refractivity contribution < 1.29 is 14.3 Å². The fraction of sp³-hybridized carbons (Fsp3) is 0.714. The Morgan fingerprint density at radius 3 is 2.84 bits per heavy atom. The van der Waals surface area contributed by atoms with Crippen LogP contribution in [0, 0.1) is 5.92 Å². The molecule has 0 spiro atoms. The molecule has 1 amide bonds. The smallest absolute Gasteiger partial charge is 0.397 e. The number of rotatable bonds is 3.